The molecule has 6 nitrogen and oxygen atoms in total. The molecule has 0 rings (SSSR count). The summed E-state index contributed by atoms with van der Waals surface area (Å²) in [5.41, 5.74) is 0. The molecule has 0 saturated carbocycles. The Labute approximate surface area is 233 Å². The Morgan fingerprint density at radius 1 is 0.526 bits per heavy atom. The fourth-order valence-corrected chi connectivity index (χ4v) is 4.39. The SMILES string of the molecule is C=CC(=O)OC(C(=O)OCCCCCCCCCCCCC)C(=O)OCCCCCCCCCCCCC. The molecule has 0 saturated heterocycles. The maximum atomic E-state index is 12.4. The number of hydrogen-bond donors (Lipinski definition) is 0. The van der Waals surface area contributed by atoms with Gasteiger partial charge in [0.2, 0.25) is 0 Å². The van der Waals surface area contributed by atoms with Gasteiger partial charge in [0.25, 0.3) is 6.10 Å². The topological polar surface area (TPSA) is 78.9 Å². The summed E-state index contributed by atoms with van der Waals surface area (Å²) >= 11 is 0. The molecule has 6 heteroatoms. The Morgan fingerprint density at radius 2 is 0.816 bits per heavy atom. The lowest BCUT2D eigenvalue weighted by atomic mass is 10.1. The van der Waals surface area contributed by atoms with Gasteiger partial charge in [-0.1, -0.05) is 149 Å². The third-order valence-electron chi connectivity index (χ3n) is 6.81. The van der Waals surface area contributed by atoms with Gasteiger partial charge in [-0.3, -0.25) is 0 Å². The van der Waals surface area contributed by atoms with E-state index >= 15 is 0 Å². The average Bonchev–Trinajstić information content (AvgIpc) is 2.92. The molecule has 0 amide bonds. The van der Waals surface area contributed by atoms with Crippen LogP contribution in [0.15, 0.2) is 12.7 Å². The standard InChI is InChI=1S/C32H58O6/c1-4-7-9-11-13-15-17-19-21-23-25-27-36-31(34)30(38-29(33)6-3)32(35)37-28-26-24-22-20-18-16-14-12-10-8-5-2/h6,30H,3-5,7-28H2,1-2H3. The van der Waals surface area contributed by atoms with Crippen molar-refractivity contribution in [3.63, 3.8) is 0 Å². The first kappa shape index (κ1) is 36.1. The van der Waals surface area contributed by atoms with Gasteiger partial charge in [-0.15, -0.1) is 0 Å². The van der Waals surface area contributed by atoms with Crippen LogP contribution in [0.1, 0.15) is 155 Å². The quantitative estimate of drug-likeness (QED) is 0.0325. The van der Waals surface area contributed by atoms with Crippen molar-refractivity contribution in [2.75, 3.05) is 13.2 Å². The second kappa shape index (κ2) is 28.2. The van der Waals surface area contributed by atoms with Crippen LogP contribution in [0.5, 0.6) is 0 Å². The number of carbonyl (C=O) groups is 3. The molecule has 222 valence electrons. The molecule has 0 heterocycles. The van der Waals surface area contributed by atoms with Gasteiger partial charge in [0, 0.05) is 6.08 Å². The Bertz CT molecular complexity index is 548. The molecule has 0 unspecified atom stereocenters. The summed E-state index contributed by atoms with van der Waals surface area (Å²) in [7, 11) is 0. The highest BCUT2D eigenvalue weighted by molar-refractivity contribution is 6.00. The molecule has 0 spiro atoms. The molecule has 0 aliphatic heterocycles. The first-order chi connectivity index (χ1) is 18.6. The summed E-state index contributed by atoms with van der Waals surface area (Å²) in [5.74, 6) is -2.61. The smallest absolute Gasteiger partial charge is 0.359 e. The van der Waals surface area contributed by atoms with E-state index in [0.29, 0.717) is 0 Å². The van der Waals surface area contributed by atoms with Crippen molar-refractivity contribution >= 4 is 17.9 Å². The predicted octanol–water partition coefficient (Wildman–Crippen LogP) is 8.79. The van der Waals surface area contributed by atoms with Gasteiger partial charge in [0.15, 0.2) is 0 Å². The fourth-order valence-electron chi connectivity index (χ4n) is 4.39. The van der Waals surface area contributed by atoms with Gasteiger partial charge in [0.05, 0.1) is 13.2 Å². The number of rotatable bonds is 28. The molecule has 0 aliphatic carbocycles. The van der Waals surface area contributed by atoms with E-state index in [1.807, 2.05) is 0 Å². The zero-order valence-electron chi connectivity index (χ0n) is 24.8. The first-order valence-corrected chi connectivity index (χ1v) is 15.7. The van der Waals surface area contributed by atoms with Crippen LogP contribution in [0, 0.1) is 0 Å². The fraction of sp³-hybridized carbons (Fsp3) is 0.844. The van der Waals surface area contributed by atoms with E-state index in [1.54, 1.807) is 0 Å². The predicted molar refractivity (Wildman–Crippen MR) is 155 cm³/mol. The molecule has 0 aromatic carbocycles. The number of hydrogen-bond acceptors (Lipinski definition) is 6. The Hall–Kier alpha value is -1.85. The van der Waals surface area contributed by atoms with Crippen molar-refractivity contribution in [1.29, 1.82) is 0 Å². The molecule has 0 aliphatic rings. The summed E-state index contributed by atoms with van der Waals surface area (Å²) in [6.07, 6.45) is 25.5. The molecule has 0 aromatic heterocycles. The highest BCUT2D eigenvalue weighted by atomic mass is 16.6. The minimum absolute atomic E-state index is 0.198. The molecular weight excluding hydrogens is 480 g/mol. The van der Waals surface area contributed by atoms with Gasteiger partial charge in [0.1, 0.15) is 0 Å². The van der Waals surface area contributed by atoms with Gasteiger partial charge in [-0.05, 0) is 12.8 Å². The number of carbonyl (C=O) groups excluding carboxylic acids is 3. The van der Waals surface area contributed by atoms with Crippen LogP contribution in [0.2, 0.25) is 0 Å². The lowest BCUT2D eigenvalue weighted by Gasteiger charge is -2.15. The second-order valence-corrected chi connectivity index (χ2v) is 10.4. The van der Waals surface area contributed by atoms with Crippen molar-refractivity contribution in [3.05, 3.63) is 12.7 Å². The van der Waals surface area contributed by atoms with Crippen LogP contribution in [0.4, 0.5) is 0 Å². The molecule has 0 fully saturated rings. The monoisotopic (exact) mass is 538 g/mol. The molecule has 0 atom stereocenters. The highest BCUT2D eigenvalue weighted by Gasteiger charge is 2.33. The lowest BCUT2D eigenvalue weighted by Crippen LogP contribution is -2.37. The maximum absolute atomic E-state index is 12.4. The van der Waals surface area contributed by atoms with Gasteiger partial charge in [-0.25, -0.2) is 14.4 Å². The van der Waals surface area contributed by atoms with E-state index in [4.69, 9.17) is 14.2 Å². The molecule has 38 heavy (non-hydrogen) atoms. The van der Waals surface area contributed by atoms with Crippen molar-refractivity contribution < 1.29 is 28.6 Å². The third kappa shape index (κ3) is 23.3. The van der Waals surface area contributed by atoms with Crippen LogP contribution in [-0.2, 0) is 28.6 Å². The normalized spacial score (nSPS) is 10.9. The Kier molecular flexibility index (Phi) is 26.8. The summed E-state index contributed by atoms with van der Waals surface area (Å²) in [5, 5.41) is 0. The van der Waals surface area contributed by atoms with E-state index in [9.17, 15) is 14.4 Å². The zero-order chi connectivity index (χ0) is 28.1. The molecule has 0 aromatic rings. The average molecular weight is 539 g/mol. The molecule has 0 bridgehead atoms. The first-order valence-electron chi connectivity index (χ1n) is 15.7. The van der Waals surface area contributed by atoms with Crippen LogP contribution in [-0.4, -0.2) is 37.2 Å². The third-order valence-corrected chi connectivity index (χ3v) is 6.81. The minimum atomic E-state index is -1.69. The second-order valence-electron chi connectivity index (χ2n) is 10.4. The van der Waals surface area contributed by atoms with E-state index in [-0.39, 0.29) is 13.2 Å². The van der Waals surface area contributed by atoms with Gasteiger partial charge < -0.3 is 14.2 Å². The maximum Gasteiger partial charge on any atom is 0.359 e. The van der Waals surface area contributed by atoms with Crippen LogP contribution < -0.4 is 0 Å². The van der Waals surface area contributed by atoms with E-state index < -0.39 is 24.0 Å². The van der Waals surface area contributed by atoms with E-state index in [0.717, 1.165) is 44.6 Å². The summed E-state index contributed by atoms with van der Waals surface area (Å²) in [6.45, 7) is 8.19. The molecular formula is C32H58O6. The van der Waals surface area contributed by atoms with Crippen LogP contribution in [0.25, 0.3) is 0 Å². The Morgan fingerprint density at radius 3 is 1.11 bits per heavy atom. The summed E-state index contributed by atoms with van der Waals surface area (Å²) in [6, 6.07) is 0. The number of ether oxygens (including phenoxy) is 3. The van der Waals surface area contributed by atoms with Gasteiger partial charge in [-0.2, -0.15) is 0 Å². The van der Waals surface area contributed by atoms with Crippen molar-refractivity contribution in [3.8, 4) is 0 Å². The largest absolute Gasteiger partial charge is 0.462 e. The van der Waals surface area contributed by atoms with E-state index in [2.05, 4.69) is 20.4 Å². The number of esters is 3. The molecule has 0 radical (unpaired) electrons. The van der Waals surface area contributed by atoms with E-state index in [1.165, 1.54) is 103 Å². The highest BCUT2D eigenvalue weighted by Crippen LogP contribution is 2.13. The zero-order valence-corrected chi connectivity index (χ0v) is 24.8. The van der Waals surface area contributed by atoms with Gasteiger partial charge >= 0.3 is 17.9 Å². The van der Waals surface area contributed by atoms with Crippen molar-refractivity contribution in [1.82, 2.24) is 0 Å². The van der Waals surface area contributed by atoms with Crippen LogP contribution >= 0.6 is 0 Å². The summed E-state index contributed by atoms with van der Waals surface area (Å²) < 4.78 is 15.4. The summed E-state index contributed by atoms with van der Waals surface area (Å²) in [4.78, 5) is 36.4. The lowest BCUT2D eigenvalue weighted by molar-refractivity contribution is -0.178. The van der Waals surface area contributed by atoms with Crippen molar-refractivity contribution in [2.24, 2.45) is 0 Å². The van der Waals surface area contributed by atoms with Crippen molar-refractivity contribution in [2.45, 2.75) is 161 Å². The number of unbranched alkanes of at least 4 members (excludes halogenated alkanes) is 20. The van der Waals surface area contributed by atoms with Crippen LogP contribution in [0.3, 0.4) is 0 Å². The molecule has 0 N–H and O–H groups in total. The minimum Gasteiger partial charge on any atom is -0.462 e. The Balaban J connectivity index is 3.97.